The molecule has 0 radical (unpaired) electrons. The van der Waals surface area contributed by atoms with Crippen molar-refractivity contribution in [1.82, 2.24) is 5.32 Å². The molecule has 18 heavy (non-hydrogen) atoms. The van der Waals surface area contributed by atoms with Gasteiger partial charge in [-0.1, -0.05) is 0 Å². The van der Waals surface area contributed by atoms with E-state index in [9.17, 15) is 0 Å². The summed E-state index contributed by atoms with van der Waals surface area (Å²) in [6.45, 7) is 5.66. The van der Waals surface area contributed by atoms with E-state index in [-0.39, 0.29) is 11.6 Å². The summed E-state index contributed by atoms with van der Waals surface area (Å²) in [5.41, 5.74) is 1.11. The fourth-order valence-electron chi connectivity index (χ4n) is 2.20. The first-order valence-corrected chi connectivity index (χ1v) is 6.12. The molecule has 1 aromatic carbocycles. The molecule has 1 atom stereocenters. The highest BCUT2D eigenvalue weighted by molar-refractivity contribution is 5.40. The van der Waals surface area contributed by atoms with Crippen LogP contribution in [0.25, 0.3) is 0 Å². The van der Waals surface area contributed by atoms with Gasteiger partial charge in [0.2, 0.25) is 0 Å². The lowest BCUT2D eigenvalue weighted by Gasteiger charge is -2.37. The topological polar surface area (TPSA) is 39.7 Å². The summed E-state index contributed by atoms with van der Waals surface area (Å²) < 4.78 is 16.2. The Morgan fingerprint density at radius 2 is 1.78 bits per heavy atom. The van der Waals surface area contributed by atoms with Crippen LogP contribution in [0.4, 0.5) is 0 Å². The summed E-state index contributed by atoms with van der Waals surface area (Å²) in [6, 6.07) is 6.08. The summed E-state index contributed by atoms with van der Waals surface area (Å²) in [6.07, 6.45) is 0. The summed E-state index contributed by atoms with van der Waals surface area (Å²) in [5, 5.41) is 3.58. The average molecular weight is 251 g/mol. The second-order valence-electron chi connectivity index (χ2n) is 5.24. The van der Waals surface area contributed by atoms with E-state index >= 15 is 0 Å². The third-order valence-electron chi connectivity index (χ3n) is 3.09. The van der Waals surface area contributed by atoms with Crippen LogP contribution in [-0.2, 0) is 4.74 Å². The Morgan fingerprint density at radius 1 is 1.17 bits per heavy atom. The van der Waals surface area contributed by atoms with Crippen LogP contribution >= 0.6 is 0 Å². The minimum absolute atomic E-state index is 0.0147. The smallest absolute Gasteiger partial charge is 0.122 e. The minimum atomic E-state index is -0.0147. The molecule has 1 N–H and O–H groups in total. The molecule has 2 rings (SSSR count). The molecule has 1 aromatic rings. The number of morpholine rings is 1. The second kappa shape index (κ2) is 5.16. The number of nitrogens with one attached hydrogen (secondary N) is 1. The highest BCUT2D eigenvalue weighted by Gasteiger charge is 2.29. The molecule has 1 unspecified atom stereocenters. The van der Waals surface area contributed by atoms with Gasteiger partial charge in [0.25, 0.3) is 0 Å². The van der Waals surface area contributed by atoms with Gasteiger partial charge in [0.1, 0.15) is 11.5 Å². The molecule has 0 aliphatic carbocycles. The van der Waals surface area contributed by atoms with Crippen molar-refractivity contribution in [2.24, 2.45) is 0 Å². The number of benzene rings is 1. The summed E-state index contributed by atoms with van der Waals surface area (Å²) in [7, 11) is 3.32. The van der Waals surface area contributed by atoms with Gasteiger partial charge >= 0.3 is 0 Å². The molecule has 0 amide bonds. The zero-order valence-corrected chi connectivity index (χ0v) is 11.4. The van der Waals surface area contributed by atoms with Crippen molar-refractivity contribution < 1.29 is 14.2 Å². The van der Waals surface area contributed by atoms with Gasteiger partial charge < -0.3 is 19.5 Å². The lowest BCUT2D eigenvalue weighted by Crippen LogP contribution is -2.51. The second-order valence-corrected chi connectivity index (χ2v) is 5.24. The van der Waals surface area contributed by atoms with Crippen LogP contribution in [0.1, 0.15) is 25.5 Å². The van der Waals surface area contributed by atoms with Crippen LogP contribution in [0, 0.1) is 0 Å². The maximum atomic E-state index is 5.65. The summed E-state index contributed by atoms with van der Waals surface area (Å²) in [5.74, 6) is 1.60. The highest BCUT2D eigenvalue weighted by atomic mass is 16.5. The first-order chi connectivity index (χ1) is 8.54. The molecule has 0 bridgehead atoms. The molecule has 1 fully saturated rings. The van der Waals surface area contributed by atoms with Crippen LogP contribution in [0.3, 0.4) is 0 Å². The van der Waals surface area contributed by atoms with Crippen molar-refractivity contribution in [2.75, 3.05) is 27.4 Å². The van der Waals surface area contributed by atoms with E-state index in [0.717, 1.165) is 23.7 Å². The van der Waals surface area contributed by atoms with Gasteiger partial charge in [0.05, 0.1) is 33.5 Å². The number of hydrogen-bond acceptors (Lipinski definition) is 4. The fourth-order valence-corrected chi connectivity index (χ4v) is 2.20. The number of hydrogen-bond donors (Lipinski definition) is 1. The monoisotopic (exact) mass is 251 g/mol. The van der Waals surface area contributed by atoms with Gasteiger partial charge in [-0.05, 0) is 31.5 Å². The molecule has 0 saturated carbocycles. The normalized spacial score (nSPS) is 22.6. The third-order valence-corrected chi connectivity index (χ3v) is 3.09. The molecule has 1 saturated heterocycles. The Morgan fingerprint density at radius 3 is 2.28 bits per heavy atom. The van der Waals surface area contributed by atoms with Gasteiger partial charge in [-0.25, -0.2) is 0 Å². The largest absolute Gasteiger partial charge is 0.497 e. The Balaban J connectivity index is 2.26. The first-order valence-electron chi connectivity index (χ1n) is 6.12. The Labute approximate surface area is 108 Å². The van der Waals surface area contributed by atoms with E-state index in [1.807, 2.05) is 18.2 Å². The average Bonchev–Trinajstić information content (AvgIpc) is 2.37. The minimum Gasteiger partial charge on any atom is -0.497 e. The van der Waals surface area contributed by atoms with Gasteiger partial charge in [-0.2, -0.15) is 0 Å². The van der Waals surface area contributed by atoms with Crippen LogP contribution in [0.2, 0.25) is 0 Å². The summed E-state index contributed by atoms with van der Waals surface area (Å²) in [4.78, 5) is 0. The number of rotatable bonds is 3. The van der Waals surface area contributed by atoms with Crippen molar-refractivity contribution in [2.45, 2.75) is 25.4 Å². The van der Waals surface area contributed by atoms with Crippen molar-refractivity contribution in [3.63, 3.8) is 0 Å². The van der Waals surface area contributed by atoms with Crippen molar-refractivity contribution >= 4 is 0 Å². The van der Waals surface area contributed by atoms with Gasteiger partial charge in [0, 0.05) is 11.6 Å². The molecule has 1 heterocycles. The highest BCUT2D eigenvalue weighted by Crippen LogP contribution is 2.29. The van der Waals surface area contributed by atoms with Crippen LogP contribution < -0.4 is 14.8 Å². The standard InChI is InChI=1S/C14H21NO3/c1-14(2)9-18-8-13(15-14)10-5-11(16-3)7-12(6-10)17-4/h5-7,13,15H,8-9H2,1-4H3. The number of methoxy groups -OCH3 is 2. The molecule has 4 nitrogen and oxygen atoms in total. The van der Waals surface area contributed by atoms with Crippen LogP contribution in [0.15, 0.2) is 18.2 Å². The van der Waals surface area contributed by atoms with E-state index < -0.39 is 0 Å². The van der Waals surface area contributed by atoms with Crippen LogP contribution in [-0.4, -0.2) is 33.0 Å². The Bertz CT molecular complexity index is 395. The van der Waals surface area contributed by atoms with E-state index in [1.165, 1.54) is 0 Å². The van der Waals surface area contributed by atoms with E-state index in [2.05, 4.69) is 19.2 Å². The Kier molecular flexibility index (Phi) is 3.78. The predicted molar refractivity (Wildman–Crippen MR) is 70.3 cm³/mol. The third kappa shape index (κ3) is 2.94. The fraction of sp³-hybridized carbons (Fsp3) is 0.571. The van der Waals surface area contributed by atoms with Crippen molar-refractivity contribution in [3.05, 3.63) is 23.8 Å². The van der Waals surface area contributed by atoms with Crippen molar-refractivity contribution in [1.29, 1.82) is 0 Å². The van der Waals surface area contributed by atoms with E-state index in [1.54, 1.807) is 14.2 Å². The van der Waals surface area contributed by atoms with Crippen LogP contribution in [0.5, 0.6) is 11.5 Å². The molecular weight excluding hydrogens is 230 g/mol. The Hall–Kier alpha value is -1.26. The molecule has 0 aromatic heterocycles. The molecule has 1 aliphatic rings. The van der Waals surface area contributed by atoms with E-state index in [4.69, 9.17) is 14.2 Å². The molecule has 100 valence electrons. The predicted octanol–water partition coefficient (Wildman–Crippen LogP) is 2.14. The maximum Gasteiger partial charge on any atom is 0.122 e. The van der Waals surface area contributed by atoms with Gasteiger partial charge in [-0.3, -0.25) is 0 Å². The number of ether oxygens (including phenoxy) is 3. The first kappa shape index (κ1) is 13.2. The molecule has 4 heteroatoms. The zero-order valence-electron chi connectivity index (χ0n) is 11.4. The summed E-state index contributed by atoms with van der Waals surface area (Å²) >= 11 is 0. The van der Waals surface area contributed by atoms with Crippen molar-refractivity contribution in [3.8, 4) is 11.5 Å². The SMILES string of the molecule is COc1cc(OC)cc(C2COCC(C)(C)N2)c1. The van der Waals surface area contributed by atoms with Gasteiger partial charge in [-0.15, -0.1) is 0 Å². The molecule has 1 aliphatic heterocycles. The molecular formula is C14H21NO3. The lowest BCUT2D eigenvalue weighted by molar-refractivity contribution is 0.0126. The van der Waals surface area contributed by atoms with Gasteiger partial charge in [0.15, 0.2) is 0 Å². The zero-order chi connectivity index (χ0) is 13.2. The maximum absolute atomic E-state index is 5.65. The quantitative estimate of drug-likeness (QED) is 0.893. The van der Waals surface area contributed by atoms with E-state index in [0.29, 0.717) is 6.61 Å². The lowest BCUT2D eigenvalue weighted by atomic mass is 9.98. The molecule has 0 spiro atoms.